The smallest absolute Gasteiger partial charge is 0.202 e. The summed E-state index contributed by atoms with van der Waals surface area (Å²) in [5.41, 5.74) is 2.04. The molecule has 1 aliphatic rings. The molecule has 1 aliphatic heterocycles. The molecule has 1 fully saturated rings. The van der Waals surface area contributed by atoms with Crippen LogP contribution in [0.2, 0.25) is 0 Å². The van der Waals surface area contributed by atoms with E-state index in [0.29, 0.717) is 12.8 Å². The number of hydrogen-bond acceptors (Lipinski definition) is 4. The van der Waals surface area contributed by atoms with Crippen molar-refractivity contribution in [2.24, 2.45) is 0 Å². The molecule has 0 unspecified atom stereocenters. The highest BCUT2D eigenvalue weighted by Gasteiger charge is 2.30. The second-order valence-corrected chi connectivity index (χ2v) is 8.26. The Bertz CT molecular complexity index is 1260. The van der Waals surface area contributed by atoms with Crippen molar-refractivity contribution < 1.29 is 19.7 Å². The molecule has 0 saturated carbocycles. The molecule has 4 nitrogen and oxygen atoms in total. The Kier molecular flexibility index (Phi) is 5.91. The second-order valence-electron chi connectivity index (χ2n) is 8.26. The number of rotatable bonds is 5. The molecule has 162 valence electrons. The van der Waals surface area contributed by atoms with Crippen molar-refractivity contribution in [3.05, 3.63) is 90.0 Å². The van der Waals surface area contributed by atoms with Gasteiger partial charge in [-0.1, -0.05) is 84.9 Å². The predicted octanol–water partition coefficient (Wildman–Crippen LogP) is 5.40. The Labute approximate surface area is 187 Å². The lowest BCUT2D eigenvalue weighted by molar-refractivity contribution is -0.184. The van der Waals surface area contributed by atoms with E-state index in [1.54, 1.807) is 0 Å². The van der Waals surface area contributed by atoms with Gasteiger partial charge in [0, 0.05) is 23.8 Å². The van der Waals surface area contributed by atoms with Crippen LogP contribution in [0, 0.1) is 0 Å². The van der Waals surface area contributed by atoms with Gasteiger partial charge in [-0.25, -0.2) is 0 Å². The third-order valence-electron chi connectivity index (χ3n) is 5.94. The molecule has 4 heteroatoms. The molecule has 0 aliphatic carbocycles. The Balaban J connectivity index is 1.50. The first-order valence-corrected chi connectivity index (χ1v) is 11.0. The van der Waals surface area contributed by atoms with Gasteiger partial charge in [-0.05, 0) is 27.8 Å². The lowest BCUT2D eigenvalue weighted by Crippen LogP contribution is -2.40. The highest BCUT2D eigenvalue weighted by atomic mass is 16.7. The van der Waals surface area contributed by atoms with Crippen LogP contribution in [0.5, 0.6) is 5.75 Å². The maximum atomic E-state index is 10.2. The van der Waals surface area contributed by atoms with Gasteiger partial charge in [-0.2, -0.15) is 0 Å². The molecule has 0 aromatic heterocycles. The Morgan fingerprint density at radius 1 is 0.844 bits per heavy atom. The van der Waals surface area contributed by atoms with Crippen molar-refractivity contribution in [2.75, 3.05) is 6.61 Å². The summed E-state index contributed by atoms with van der Waals surface area (Å²) in [6.07, 6.45) is 3.32. The number of aliphatic hydroxyl groups excluding tert-OH is 2. The summed E-state index contributed by atoms with van der Waals surface area (Å²) in [6, 6.07) is 26.9. The number of fused-ring (bicyclic) bond motifs is 2. The summed E-state index contributed by atoms with van der Waals surface area (Å²) in [7, 11) is 0. The lowest BCUT2D eigenvalue weighted by Gasteiger charge is -2.32. The minimum absolute atomic E-state index is 0.138. The van der Waals surface area contributed by atoms with E-state index in [4.69, 9.17) is 9.47 Å². The van der Waals surface area contributed by atoms with Crippen molar-refractivity contribution in [1.29, 1.82) is 0 Å². The van der Waals surface area contributed by atoms with Gasteiger partial charge in [0.1, 0.15) is 5.75 Å². The van der Waals surface area contributed by atoms with Gasteiger partial charge in [0.2, 0.25) is 6.29 Å². The van der Waals surface area contributed by atoms with E-state index in [1.807, 2.05) is 42.5 Å². The van der Waals surface area contributed by atoms with Crippen LogP contribution in [0.4, 0.5) is 0 Å². The fraction of sp³-hybridized carbons (Fsp3) is 0.214. The first-order valence-electron chi connectivity index (χ1n) is 11.0. The Morgan fingerprint density at radius 2 is 1.59 bits per heavy atom. The summed E-state index contributed by atoms with van der Waals surface area (Å²) >= 11 is 0. The summed E-state index contributed by atoms with van der Waals surface area (Å²) in [6.45, 7) is -0.138. The molecule has 32 heavy (non-hydrogen) atoms. The van der Waals surface area contributed by atoms with E-state index in [1.165, 1.54) is 10.8 Å². The summed E-state index contributed by atoms with van der Waals surface area (Å²) in [4.78, 5) is 0. The largest absolute Gasteiger partial charge is 0.464 e. The quantitative estimate of drug-likeness (QED) is 0.420. The second kappa shape index (κ2) is 9.13. The van der Waals surface area contributed by atoms with Crippen LogP contribution < -0.4 is 4.74 Å². The summed E-state index contributed by atoms with van der Waals surface area (Å²) in [5.74, 6) is 0.718. The van der Waals surface area contributed by atoms with E-state index >= 15 is 0 Å². The number of hydrogen-bond donors (Lipinski definition) is 2. The lowest BCUT2D eigenvalue weighted by atomic mass is 10.0. The molecule has 5 rings (SSSR count). The molecule has 4 aromatic carbocycles. The van der Waals surface area contributed by atoms with Gasteiger partial charge < -0.3 is 19.7 Å². The molecule has 0 amide bonds. The fourth-order valence-corrected chi connectivity index (χ4v) is 4.29. The van der Waals surface area contributed by atoms with Crippen molar-refractivity contribution in [2.45, 2.75) is 31.3 Å². The minimum Gasteiger partial charge on any atom is -0.464 e. The minimum atomic E-state index is -0.616. The molecule has 2 N–H and O–H groups in total. The van der Waals surface area contributed by atoms with Crippen molar-refractivity contribution in [3.63, 3.8) is 0 Å². The zero-order valence-electron chi connectivity index (χ0n) is 17.7. The number of aliphatic hydroxyl groups is 2. The third kappa shape index (κ3) is 4.39. The average Bonchev–Trinajstić information content (AvgIpc) is 2.83. The topological polar surface area (TPSA) is 58.9 Å². The highest BCUT2D eigenvalue weighted by molar-refractivity contribution is 5.93. The molecule has 3 atom stereocenters. The average molecular weight is 427 g/mol. The zero-order valence-corrected chi connectivity index (χ0v) is 17.7. The van der Waals surface area contributed by atoms with E-state index in [2.05, 4.69) is 48.6 Å². The van der Waals surface area contributed by atoms with Crippen molar-refractivity contribution >= 4 is 33.7 Å². The number of ether oxygens (including phenoxy) is 2. The van der Waals surface area contributed by atoms with Gasteiger partial charge >= 0.3 is 0 Å². The van der Waals surface area contributed by atoms with Crippen LogP contribution in [0.15, 0.2) is 78.9 Å². The first-order chi connectivity index (χ1) is 15.7. The zero-order chi connectivity index (χ0) is 21.9. The van der Waals surface area contributed by atoms with Crippen LogP contribution in [0.25, 0.3) is 33.7 Å². The first kappa shape index (κ1) is 20.7. The monoisotopic (exact) mass is 426 g/mol. The van der Waals surface area contributed by atoms with Gasteiger partial charge in [0.05, 0.1) is 18.8 Å². The van der Waals surface area contributed by atoms with E-state index < -0.39 is 18.5 Å². The normalized spacial score (nSPS) is 21.4. The summed E-state index contributed by atoms with van der Waals surface area (Å²) in [5, 5.41) is 24.2. The molecule has 0 spiro atoms. The molecular weight excluding hydrogens is 400 g/mol. The molecular formula is C28H26O4. The molecule has 1 saturated heterocycles. The number of benzene rings is 4. The van der Waals surface area contributed by atoms with Crippen LogP contribution in [-0.4, -0.2) is 35.3 Å². The van der Waals surface area contributed by atoms with Crippen LogP contribution in [-0.2, 0) is 4.74 Å². The van der Waals surface area contributed by atoms with Gasteiger partial charge in [0.15, 0.2) is 0 Å². The third-order valence-corrected chi connectivity index (χ3v) is 5.94. The van der Waals surface area contributed by atoms with Gasteiger partial charge in [-0.3, -0.25) is 0 Å². The molecule has 4 aromatic rings. The maximum absolute atomic E-state index is 10.2. The Morgan fingerprint density at radius 3 is 2.44 bits per heavy atom. The van der Waals surface area contributed by atoms with E-state index in [0.717, 1.165) is 27.6 Å². The van der Waals surface area contributed by atoms with Crippen molar-refractivity contribution in [3.8, 4) is 5.75 Å². The molecule has 0 bridgehead atoms. The predicted molar refractivity (Wildman–Crippen MR) is 128 cm³/mol. The van der Waals surface area contributed by atoms with Crippen LogP contribution in [0.3, 0.4) is 0 Å². The standard InChI is InChI=1S/C28H26O4/c29-18-25-16-24(30)17-27(31-25)32-28-22(14-13-21-6-3-4-8-26(21)28)12-10-19-9-11-20-5-1-2-7-23(20)15-19/h1-15,24-25,27,29-30H,16-18H2/b12-10+/t24-,25-,27-/m0/s1. The van der Waals surface area contributed by atoms with Crippen LogP contribution >= 0.6 is 0 Å². The SMILES string of the molecule is OC[C@@H]1C[C@H](O)C[C@H](Oc2c(/C=C/c3ccc4ccccc4c3)ccc3ccccc23)O1. The van der Waals surface area contributed by atoms with E-state index in [-0.39, 0.29) is 6.61 Å². The van der Waals surface area contributed by atoms with Gasteiger partial charge in [0.25, 0.3) is 0 Å². The molecule has 0 radical (unpaired) electrons. The van der Waals surface area contributed by atoms with E-state index in [9.17, 15) is 10.2 Å². The Hall–Kier alpha value is -3.18. The van der Waals surface area contributed by atoms with Gasteiger partial charge in [-0.15, -0.1) is 0 Å². The van der Waals surface area contributed by atoms with Crippen molar-refractivity contribution in [1.82, 2.24) is 0 Å². The summed E-state index contributed by atoms with van der Waals surface area (Å²) < 4.78 is 12.2. The molecule has 1 heterocycles. The maximum Gasteiger partial charge on any atom is 0.202 e. The highest BCUT2D eigenvalue weighted by Crippen LogP contribution is 2.34. The van der Waals surface area contributed by atoms with Crippen LogP contribution in [0.1, 0.15) is 24.0 Å². The fourth-order valence-electron chi connectivity index (χ4n) is 4.29.